The maximum atomic E-state index is 12.6. The lowest BCUT2D eigenvalue weighted by Crippen LogP contribution is -2.13. The van der Waals surface area contributed by atoms with Gasteiger partial charge in [0, 0.05) is 24.0 Å². The minimum absolute atomic E-state index is 0.267. The Balaban J connectivity index is 1.87. The molecule has 0 aliphatic rings. The largest absolute Gasteiger partial charge is 0.497 e. The molecule has 2 aromatic carbocycles. The number of benzene rings is 2. The first kappa shape index (κ1) is 16.5. The number of nitrogens with one attached hydrogen (secondary N) is 1. The van der Waals surface area contributed by atoms with Gasteiger partial charge < -0.3 is 14.8 Å². The van der Waals surface area contributed by atoms with Gasteiger partial charge in [0.25, 0.3) is 5.91 Å². The molecular weight excluding hydrogens is 316 g/mol. The summed E-state index contributed by atoms with van der Waals surface area (Å²) in [6, 6.07) is 16.8. The third kappa shape index (κ3) is 3.77. The number of amides is 1. The van der Waals surface area contributed by atoms with Crippen molar-refractivity contribution in [2.45, 2.75) is 0 Å². The fourth-order valence-corrected chi connectivity index (χ4v) is 2.46. The number of nitrogens with zero attached hydrogens (tertiary/aromatic N) is 1. The second kappa shape index (κ2) is 7.49. The van der Waals surface area contributed by atoms with Gasteiger partial charge in [-0.05, 0) is 23.8 Å². The number of aromatic nitrogens is 1. The molecule has 0 atom stereocenters. The molecule has 0 saturated carbocycles. The van der Waals surface area contributed by atoms with Crippen molar-refractivity contribution >= 4 is 11.6 Å². The number of hydrogen-bond acceptors (Lipinski definition) is 4. The molecule has 0 saturated heterocycles. The number of rotatable bonds is 5. The van der Waals surface area contributed by atoms with E-state index < -0.39 is 0 Å². The quantitative estimate of drug-likeness (QED) is 0.765. The van der Waals surface area contributed by atoms with Gasteiger partial charge in [0.05, 0.1) is 25.5 Å². The topological polar surface area (TPSA) is 60.5 Å². The van der Waals surface area contributed by atoms with Gasteiger partial charge in [-0.2, -0.15) is 0 Å². The Kier molecular flexibility index (Phi) is 4.95. The minimum Gasteiger partial charge on any atom is -0.497 e. The maximum absolute atomic E-state index is 12.6. The molecule has 1 aromatic heterocycles. The predicted molar refractivity (Wildman–Crippen MR) is 97.2 cm³/mol. The van der Waals surface area contributed by atoms with Crippen LogP contribution >= 0.6 is 0 Å². The lowest BCUT2D eigenvalue weighted by molar-refractivity contribution is 0.102. The minimum atomic E-state index is -0.267. The van der Waals surface area contributed by atoms with Gasteiger partial charge in [-0.25, -0.2) is 0 Å². The smallest absolute Gasteiger partial charge is 0.257 e. The number of pyridine rings is 1. The fourth-order valence-electron chi connectivity index (χ4n) is 2.46. The SMILES string of the molecule is COc1ccc(OC)c(NC(=O)c2cncc(-c3ccccc3)c2)c1. The number of hydrogen-bond donors (Lipinski definition) is 1. The van der Waals surface area contributed by atoms with Crippen LogP contribution in [0.15, 0.2) is 67.0 Å². The van der Waals surface area contributed by atoms with Crippen molar-refractivity contribution in [3.63, 3.8) is 0 Å². The first-order valence-corrected chi connectivity index (χ1v) is 7.75. The van der Waals surface area contributed by atoms with Crippen LogP contribution in [0.25, 0.3) is 11.1 Å². The Morgan fingerprint density at radius 3 is 2.44 bits per heavy atom. The molecule has 0 fully saturated rings. The molecule has 1 N–H and O–H groups in total. The second-order valence-corrected chi connectivity index (χ2v) is 5.35. The van der Waals surface area contributed by atoms with Gasteiger partial charge in [-0.1, -0.05) is 30.3 Å². The molecule has 5 heteroatoms. The molecule has 1 amide bonds. The Hall–Kier alpha value is -3.34. The summed E-state index contributed by atoms with van der Waals surface area (Å²) in [5.41, 5.74) is 2.89. The standard InChI is InChI=1S/C20H18N2O3/c1-24-17-8-9-19(25-2)18(11-17)22-20(23)16-10-15(12-21-13-16)14-6-4-3-5-7-14/h3-13H,1-2H3,(H,22,23). The lowest BCUT2D eigenvalue weighted by atomic mass is 10.1. The van der Waals surface area contributed by atoms with Crippen molar-refractivity contribution in [2.24, 2.45) is 0 Å². The van der Waals surface area contributed by atoms with E-state index >= 15 is 0 Å². The van der Waals surface area contributed by atoms with Crippen LogP contribution < -0.4 is 14.8 Å². The first-order chi connectivity index (χ1) is 12.2. The van der Waals surface area contributed by atoms with Crippen LogP contribution in [-0.4, -0.2) is 25.1 Å². The van der Waals surface area contributed by atoms with Crippen LogP contribution in [0.1, 0.15) is 10.4 Å². The van der Waals surface area contributed by atoms with E-state index in [4.69, 9.17) is 9.47 Å². The van der Waals surface area contributed by atoms with Gasteiger partial charge in [0.1, 0.15) is 11.5 Å². The van der Waals surface area contributed by atoms with E-state index in [1.165, 1.54) is 6.20 Å². The molecular formula is C20H18N2O3. The summed E-state index contributed by atoms with van der Waals surface area (Å²) in [7, 11) is 3.12. The summed E-state index contributed by atoms with van der Waals surface area (Å²) in [4.78, 5) is 16.8. The zero-order valence-corrected chi connectivity index (χ0v) is 14.0. The first-order valence-electron chi connectivity index (χ1n) is 7.75. The summed E-state index contributed by atoms with van der Waals surface area (Å²) in [5, 5.41) is 2.85. The van der Waals surface area contributed by atoms with Crippen LogP contribution in [0.3, 0.4) is 0 Å². The highest BCUT2D eigenvalue weighted by Gasteiger charge is 2.12. The summed E-state index contributed by atoms with van der Waals surface area (Å²) >= 11 is 0. The summed E-state index contributed by atoms with van der Waals surface area (Å²) in [5.74, 6) is 0.922. The Labute approximate surface area is 146 Å². The van der Waals surface area contributed by atoms with Crippen molar-refractivity contribution in [3.05, 3.63) is 72.6 Å². The van der Waals surface area contributed by atoms with Crippen molar-refractivity contribution in [3.8, 4) is 22.6 Å². The molecule has 1 heterocycles. The molecule has 3 aromatic rings. The van der Waals surface area contributed by atoms with Crippen LogP contribution in [0.2, 0.25) is 0 Å². The summed E-state index contributed by atoms with van der Waals surface area (Å²) in [6.45, 7) is 0. The lowest BCUT2D eigenvalue weighted by Gasteiger charge is -2.12. The van der Waals surface area contributed by atoms with Crippen LogP contribution in [0.4, 0.5) is 5.69 Å². The number of carbonyl (C=O) groups excluding carboxylic acids is 1. The van der Waals surface area contributed by atoms with Gasteiger partial charge in [0.2, 0.25) is 0 Å². The Morgan fingerprint density at radius 2 is 1.72 bits per heavy atom. The summed E-state index contributed by atoms with van der Waals surface area (Å²) < 4.78 is 10.5. The zero-order valence-electron chi connectivity index (χ0n) is 14.0. The predicted octanol–water partition coefficient (Wildman–Crippen LogP) is 4.02. The average Bonchev–Trinajstić information content (AvgIpc) is 2.68. The molecule has 126 valence electrons. The summed E-state index contributed by atoms with van der Waals surface area (Å²) in [6.07, 6.45) is 3.27. The van der Waals surface area contributed by atoms with Crippen molar-refractivity contribution in [1.29, 1.82) is 0 Å². The van der Waals surface area contributed by atoms with E-state index in [-0.39, 0.29) is 5.91 Å². The highest BCUT2D eigenvalue weighted by atomic mass is 16.5. The molecule has 5 nitrogen and oxygen atoms in total. The monoisotopic (exact) mass is 334 g/mol. The number of methoxy groups -OCH3 is 2. The third-order valence-corrected chi connectivity index (χ3v) is 3.76. The van der Waals surface area contributed by atoms with Crippen LogP contribution in [0, 0.1) is 0 Å². The number of anilines is 1. The number of carbonyl (C=O) groups is 1. The van der Waals surface area contributed by atoms with Crippen molar-refractivity contribution in [2.75, 3.05) is 19.5 Å². The van der Waals surface area contributed by atoms with E-state index in [2.05, 4.69) is 10.3 Å². The van der Waals surface area contributed by atoms with E-state index in [0.29, 0.717) is 22.7 Å². The second-order valence-electron chi connectivity index (χ2n) is 5.35. The van der Waals surface area contributed by atoms with Gasteiger partial charge in [-0.3, -0.25) is 9.78 Å². The average molecular weight is 334 g/mol. The number of ether oxygens (including phenoxy) is 2. The molecule has 0 aliphatic carbocycles. The molecule has 3 rings (SSSR count). The van der Waals surface area contributed by atoms with E-state index in [0.717, 1.165) is 11.1 Å². The Morgan fingerprint density at radius 1 is 0.920 bits per heavy atom. The van der Waals surface area contributed by atoms with Gasteiger partial charge in [-0.15, -0.1) is 0 Å². The highest BCUT2D eigenvalue weighted by molar-refractivity contribution is 6.05. The zero-order chi connectivity index (χ0) is 17.6. The van der Waals surface area contributed by atoms with Crippen molar-refractivity contribution in [1.82, 2.24) is 4.98 Å². The molecule has 0 unspecified atom stereocenters. The van der Waals surface area contributed by atoms with Crippen molar-refractivity contribution < 1.29 is 14.3 Å². The van der Waals surface area contributed by atoms with Crippen LogP contribution in [-0.2, 0) is 0 Å². The van der Waals surface area contributed by atoms with Crippen LogP contribution in [0.5, 0.6) is 11.5 Å². The van der Waals surface area contributed by atoms with Gasteiger partial charge in [0.15, 0.2) is 0 Å². The molecule has 25 heavy (non-hydrogen) atoms. The highest BCUT2D eigenvalue weighted by Crippen LogP contribution is 2.29. The van der Waals surface area contributed by atoms with E-state index in [1.54, 1.807) is 38.6 Å². The van der Waals surface area contributed by atoms with E-state index in [9.17, 15) is 4.79 Å². The van der Waals surface area contributed by atoms with Gasteiger partial charge >= 0.3 is 0 Å². The molecule has 0 bridgehead atoms. The molecule has 0 spiro atoms. The normalized spacial score (nSPS) is 10.2. The molecule has 0 radical (unpaired) electrons. The maximum Gasteiger partial charge on any atom is 0.257 e. The fraction of sp³-hybridized carbons (Fsp3) is 0.100. The Bertz CT molecular complexity index is 879. The third-order valence-electron chi connectivity index (χ3n) is 3.76. The molecule has 0 aliphatic heterocycles. The van der Waals surface area contributed by atoms with E-state index in [1.807, 2.05) is 36.4 Å².